The van der Waals surface area contributed by atoms with E-state index in [1.165, 1.54) is 10.9 Å². The van der Waals surface area contributed by atoms with Crippen molar-refractivity contribution >= 4 is 17.3 Å². The fraction of sp³-hybridized carbons (Fsp3) is 0.538. The highest BCUT2D eigenvalue weighted by atomic mass is 35.5. The number of nitrogens with zero attached hydrogens (tertiary/aromatic N) is 2. The third-order valence-corrected chi connectivity index (χ3v) is 3.79. The van der Waals surface area contributed by atoms with Crippen LogP contribution in [0.1, 0.15) is 25.7 Å². The average Bonchev–Trinajstić information content (AvgIpc) is 2.82. The Morgan fingerprint density at radius 1 is 1.58 bits per heavy atom. The smallest absolute Gasteiger partial charge is 0.287 e. The van der Waals surface area contributed by atoms with Gasteiger partial charge < -0.3 is 10.4 Å². The molecule has 1 aliphatic carbocycles. The molecule has 0 saturated heterocycles. The second kappa shape index (κ2) is 5.75. The number of rotatable bonds is 5. The molecule has 0 spiro atoms. The second-order valence-electron chi connectivity index (χ2n) is 4.93. The Bertz CT molecular complexity index is 521. The lowest BCUT2D eigenvalue weighted by molar-refractivity contribution is 0.0614. The Balaban J connectivity index is 2.11. The molecule has 0 atom stereocenters. The monoisotopic (exact) mass is 283 g/mol. The van der Waals surface area contributed by atoms with Gasteiger partial charge in [0.2, 0.25) is 0 Å². The quantitative estimate of drug-likeness (QED) is 0.809. The molecule has 1 aromatic rings. The van der Waals surface area contributed by atoms with Crippen LogP contribution in [0.5, 0.6) is 0 Å². The molecule has 6 heteroatoms. The zero-order valence-electron chi connectivity index (χ0n) is 10.7. The van der Waals surface area contributed by atoms with Gasteiger partial charge in [-0.2, -0.15) is 5.10 Å². The molecule has 0 aromatic carbocycles. The van der Waals surface area contributed by atoms with E-state index >= 15 is 0 Å². The fourth-order valence-corrected chi connectivity index (χ4v) is 2.52. The van der Waals surface area contributed by atoms with E-state index in [-0.39, 0.29) is 10.6 Å². The van der Waals surface area contributed by atoms with Gasteiger partial charge in [0, 0.05) is 6.54 Å². The van der Waals surface area contributed by atoms with Crippen LogP contribution in [0.15, 0.2) is 23.6 Å². The molecule has 1 fully saturated rings. The van der Waals surface area contributed by atoms with Crippen molar-refractivity contribution in [3.8, 4) is 0 Å². The van der Waals surface area contributed by atoms with Gasteiger partial charge in [-0.25, -0.2) is 4.68 Å². The van der Waals surface area contributed by atoms with Crippen molar-refractivity contribution in [2.75, 3.05) is 11.9 Å². The van der Waals surface area contributed by atoms with Crippen LogP contribution in [0, 0.1) is 0 Å². The van der Waals surface area contributed by atoms with E-state index in [2.05, 4.69) is 17.0 Å². The van der Waals surface area contributed by atoms with E-state index in [9.17, 15) is 9.90 Å². The van der Waals surface area contributed by atoms with Crippen LogP contribution in [-0.4, -0.2) is 27.0 Å². The van der Waals surface area contributed by atoms with Gasteiger partial charge >= 0.3 is 0 Å². The Hall–Kier alpha value is -1.33. The number of halogens is 1. The van der Waals surface area contributed by atoms with Crippen LogP contribution in [0.4, 0.5) is 5.69 Å². The first-order chi connectivity index (χ1) is 9.06. The number of anilines is 1. The molecule has 1 aliphatic rings. The maximum absolute atomic E-state index is 11.9. The third kappa shape index (κ3) is 3.16. The van der Waals surface area contributed by atoms with Crippen LogP contribution in [0.3, 0.4) is 0 Å². The van der Waals surface area contributed by atoms with Crippen molar-refractivity contribution in [1.82, 2.24) is 9.78 Å². The first kappa shape index (κ1) is 14.1. The minimum atomic E-state index is -0.695. The molecule has 2 N–H and O–H groups in total. The minimum Gasteiger partial charge on any atom is -0.388 e. The summed E-state index contributed by atoms with van der Waals surface area (Å²) in [7, 11) is 0. The highest BCUT2D eigenvalue weighted by molar-refractivity contribution is 6.32. The summed E-state index contributed by atoms with van der Waals surface area (Å²) < 4.78 is 1.24. The molecule has 1 saturated carbocycles. The SMILES string of the molecule is C=CCn1ncc(NCC2(O)CCCC2)c(Cl)c1=O. The van der Waals surface area contributed by atoms with Crippen LogP contribution >= 0.6 is 11.6 Å². The van der Waals surface area contributed by atoms with Crippen molar-refractivity contribution in [1.29, 1.82) is 0 Å². The van der Waals surface area contributed by atoms with Crippen LogP contribution in [0.2, 0.25) is 5.02 Å². The second-order valence-corrected chi connectivity index (χ2v) is 5.31. The van der Waals surface area contributed by atoms with Gasteiger partial charge in [-0.05, 0) is 12.8 Å². The van der Waals surface area contributed by atoms with Crippen molar-refractivity contribution in [3.63, 3.8) is 0 Å². The molecule has 2 rings (SSSR count). The molecular weight excluding hydrogens is 266 g/mol. The summed E-state index contributed by atoms with van der Waals surface area (Å²) in [5, 5.41) is 17.3. The summed E-state index contributed by atoms with van der Waals surface area (Å²) >= 11 is 6.01. The molecule has 5 nitrogen and oxygen atoms in total. The predicted molar refractivity (Wildman–Crippen MR) is 75.6 cm³/mol. The van der Waals surface area contributed by atoms with Crippen molar-refractivity contribution < 1.29 is 5.11 Å². The normalized spacial score (nSPS) is 17.4. The maximum atomic E-state index is 11.9. The lowest BCUT2D eigenvalue weighted by Crippen LogP contribution is -2.34. The number of hydrogen-bond acceptors (Lipinski definition) is 4. The number of nitrogens with one attached hydrogen (secondary N) is 1. The fourth-order valence-electron chi connectivity index (χ4n) is 2.31. The Labute approximate surface area is 116 Å². The van der Waals surface area contributed by atoms with Crippen molar-refractivity contribution in [3.05, 3.63) is 34.2 Å². The van der Waals surface area contributed by atoms with E-state index in [1.54, 1.807) is 6.08 Å². The van der Waals surface area contributed by atoms with Gasteiger partial charge in [-0.3, -0.25) is 4.79 Å². The molecule has 104 valence electrons. The molecule has 1 heterocycles. The summed E-state index contributed by atoms with van der Waals surface area (Å²) in [6.45, 7) is 4.27. The Kier molecular flexibility index (Phi) is 4.27. The molecule has 0 radical (unpaired) electrons. The van der Waals surface area contributed by atoms with Crippen LogP contribution in [-0.2, 0) is 6.54 Å². The summed E-state index contributed by atoms with van der Waals surface area (Å²) in [5.41, 5.74) is -0.587. The van der Waals surface area contributed by atoms with Gasteiger partial charge in [0.25, 0.3) is 5.56 Å². The van der Waals surface area contributed by atoms with Gasteiger partial charge in [-0.15, -0.1) is 6.58 Å². The molecule has 1 aromatic heterocycles. The number of aliphatic hydroxyl groups is 1. The lowest BCUT2D eigenvalue weighted by Gasteiger charge is -2.23. The Morgan fingerprint density at radius 2 is 2.26 bits per heavy atom. The molecule has 0 amide bonds. The van der Waals surface area contributed by atoms with Gasteiger partial charge in [0.15, 0.2) is 0 Å². The van der Waals surface area contributed by atoms with E-state index in [4.69, 9.17) is 11.6 Å². The zero-order chi connectivity index (χ0) is 13.9. The highest BCUT2D eigenvalue weighted by Crippen LogP contribution is 2.30. The number of hydrogen-bond donors (Lipinski definition) is 2. The van der Waals surface area contributed by atoms with Crippen LogP contribution in [0.25, 0.3) is 0 Å². The summed E-state index contributed by atoms with van der Waals surface area (Å²) in [5.74, 6) is 0. The number of aromatic nitrogens is 2. The van der Waals surface area contributed by atoms with Gasteiger partial charge in [0.1, 0.15) is 5.02 Å². The molecule has 0 bridgehead atoms. The summed E-state index contributed by atoms with van der Waals surface area (Å²) in [4.78, 5) is 11.9. The van der Waals surface area contributed by atoms with E-state index in [0.717, 1.165) is 25.7 Å². The highest BCUT2D eigenvalue weighted by Gasteiger charge is 2.30. The molecule has 19 heavy (non-hydrogen) atoms. The number of allylic oxidation sites excluding steroid dienone is 1. The molecule has 0 aliphatic heterocycles. The van der Waals surface area contributed by atoms with Crippen LogP contribution < -0.4 is 10.9 Å². The van der Waals surface area contributed by atoms with Crippen molar-refractivity contribution in [2.24, 2.45) is 0 Å². The van der Waals surface area contributed by atoms with E-state index in [1.807, 2.05) is 0 Å². The third-order valence-electron chi connectivity index (χ3n) is 3.43. The lowest BCUT2D eigenvalue weighted by atomic mass is 10.0. The minimum absolute atomic E-state index is 0.0958. The first-order valence-electron chi connectivity index (χ1n) is 6.38. The van der Waals surface area contributed by atoms with Gasteiger partial charge in [0.05, 0.1) is 24.0 Å². The first-order valence-corrected chi connectivity index (χ1v) is 6.76. The van der Waals surface area contributed by atoms with Crippen molar-refractivity contribution in [2.45, 2.75) is 37.8 Å². The topological polar surface area (TPSA) is 67.2 Å². The molecular formula is C13H18ClN3O2. The maximum Gasteiger partial charge on any atom is 0.287 e. The van der Waals surface area contributed by atoms with E-state index in [0.29, 0.717) is 18.8 Å². The largest absolute Gasteiger partial charge is 0.388 e. The standard InChI is InChI=1S/C13H18ClN3O2/c1-2-7-17-12(18)11(14)10(8-16-17)15-9-13(19)5-3-4-6-13/h2,8,15,19H,1,3-7,9H2. The Morgan fingerprint density at radius 3 is 2.89 bits per heavy atom. The van der Waals surface area contributed by atoms with E-state index < -0.39 is 5.60 Å². The summed E-state index contributed by atoms with van der Waals surface area (Å²) in [6.07, 6.45) is 6.71. The zero-order valence-corrected chi connectivity index (χ0v) is 11.5. The average molecular weight is 284 g/mol. The predicted octanol–water partition coefficient (Wildman–Crippen LogP) is 1.80. The van der Waals surface area contributed by atoms with Gasteiger partial charge in [-0.1, -0.05) is 30.5 Å². The molecule has 0 unspecified atom stereocenters. The summed E-state index contributed by atoms with van der Waals surface area (Å²) in [6, 6.07) is 0.